The fraction of sp³-hybridized carbons (Fsp3) is 0.267. The van der Waals surface area contributed by atoms with E-state index in [4.69, 9.17) is 8.83 Å². The lowest BCUT2D eigenvalue weighted by atomic mass is 10.2. The Morgan fingerprint density at radius 2 is 2.18 bits per heavy atom. The van der Waals surface area contributed by atoms with Gasteiger partial charge in [-0.15, -0.1) is 10.2 Å². The number of furan rings is 1. The molecule has 0 aromatic carbocycles. The molecule has 3 aromatic heterocycles. The number of hydrogen-bond donors (Lipinski definition) is 0. The van der Waals surface area contributed by atoms with Crippen LogP contribution in [0.4, 0.5) is 0 Å². The summed E-state index contributed by atoms with van der Waals surface area (Å²) in [5.74, 6) is 1.13. The normalized spacial score (nSPS) is 11.0. The molecule has 0 amide bonds. The standard InChI is InChI=1S/C15H15N3O3S/c1-9-7-11(10(2)18(9)3)12(19)8-22-15-17-16-14(21-15)13-5-4-6-20-13/h4-7H,8H2,1-3H3. The minimum Gasteiger partial charge on any atom is -0.459 e. The van der Waals surface area contributed by atoms with Crippen molar-refractivity contribution in [2.45, 2.75) is 19.1 Å². The van der Waals surface area contributed by atoms with E-state index < -0.39 is 0 Å². The molecule has 114 valence electrons. The Balaban J connectivity index is 1.67. The second-order valence-electron chi connectivity index (χ2n) is 4.91. The number of aromatic nitrogens is 3. The van der Waals surface area contributed by atoms with Crippen LogP contribution in [0, 0.1) is 13.8 Å². The Kier molecular flexibility index (Phi) is 3.89. The average Bonchev–Trinajstić information content (AvgIpc) is 3.22. The molecule has 6 nitrogen and oxygen atoms in total. The largest absolute Gasteiger partial charge is 0.459 e. The molecular weight excluding hydrogens is 302 g/mol. The molecule has 0 aliphatic carbocycles. The fourth-order valence-corrected chi connectivity index (χ4v) is 2.76. The van der Waals surface area contributed by atoms with Crippen LogP contribution in [0.1, 0.15) is 21.7 Å². The molecule has 0 N–H and O–H groups in total. The Labute approximate surface area is 131 Å². The Morgan fingerprint density at radius 3 is 2.82 bits per heavy atom. The minimum atomic E-state index is 0.0453. The summed E-state index contributed by atoms with van der Waals surface area (Å²) in [5, 5.41) is 8.16. The number of rotatable bonds is 5. The van der Waals surface area contributed by atoms with E-state index in [0.29, 0.717) is 16.9 Å². The van der Waals surface area contributed by atoms with Gasteiger partial charge < -0.3 is 13.4 Å². The first-order valence-electron chi connectivity index (χ1n) is 6.72. The summed E-state index contributed by atoms with van der Waals surface area (Å²) in [4.78, 5) is 12.3. The number of aryl methyl sites for hydroxylation is 1. The van der Waals surface area contributed by atoms with Gasteiger partial charge in [0, 0.05) is 24.0 Å². The highest BCUT2D eigenvalue weighted by Gasteiger charge is 2.17. The molecule has 22 heavy (non-hydrogen) atoms. The van der Waals surface area contributed by atoms with Crippen LogP contribution < -0.4 is 0 Å². The van der Waals surface area contributed by atoms with Crippen LogP contribution in [0.5, 0.6) is 0 Å². The maximum absolute atomic E-state index is 12.3. The summed E-state index contributed by atoms with van der Waals surface area (Å²) in [6.45, 7) is 3.91. The summed E-state index contributed by atoms with van der Waals surface area (Å²) in [5.41, 5.74) is 2.76. The molecule has 0 bridgehead atoms. The Bertz CT molecular complexity index is 802. The summed E-state index contributed by atoms with van der Waals surface area (Å²) < 4.78 is 12.6. The van der Waals surface area contributed by atoms with Crippen molar-refractivity contribution in [2.75, 3.05) is 5.75 Å². The maximum atomic E-state index is 12.3. The van der Waals surface area contributed by atoms with Gasteiger partial charge in [-0.3, -0.25) is 4.79 Å². The average molecular weight is 317 g/mol. The van der Waals surface area contributed by atoms with Crippen LogP contribution in [-0.4, -0.2) is 26.3 Å². The molecule has 3 heterocycles. The summed E-state index contributed by atoms with van der Waals surface area (Å²) >= 11 is 1.22. The molecule has 0 aliphatic heterocycles. The number of ketones is 1. The molecule has 0 radical (unpaired) electrons. The quantitative estimate of drug-likeness (QED) is 0.531. The van der Waals surface area contributed by atoms with Crippen molar-refractivity contribution in [3.8, 4) is 11.7 Å². The van der Waals surface area contributed by atoms with Gasteiger partial charge >= 0.3 is 0 Å². The van der Waals surface area contributed by atoms with Crippen LogP contribution in [0.2, 0.25) is 0 Å². The van der Waals surface area contributed by atoms with Gasteiger partial charge in [0.25, 0.3) is 11.1 Å². The molecule has 3 aromatic rings. The number of carbonyl (C=O) groups excluding carboxylic acids is 1. The van der Waals surface area contributed by atoms with E-state index >= 15 is 0 Å². The van der Waals surface area contributed by atoms with Gasteiger partial charge in [-0.1, -0.05) is 11.8 Å². The minimum absolute atomic E-state index is 0.0453. The second kappa shape index (κ2) is 5.84. The lowest BCUT2D eigenvalue weighted by Crippen LogP contribution is -2.04. The van der Waals surface area contributed by atoms with E-state index in [0.717, 1.165) is 17.0 Å². The SMILES string of the molecule is Cc1cc(C(=O)CSc2nnc(-c3ccco3)o2)c(C)n1C. The number of carbonyl (C=O) groups is 1. The smallest absolute Gasteiger partial charge is 0.284 e. The first-order chi connectivity index (χ1) is 10.6. The highest BCUT2D eigenvalue weighted by atomic mass is 32.2. The first kappa shape index (κ1) is 14.6. The molecule has 0 atom stereocenters. The van der Waals surface area contributed by atoms with E-state index in [-0.39, 0.29) is 11.5 Å². The zero-order valence-corrected chi connectivity index (χ0v) is 13.3. The molecule has 0 spiro atoms. The van der Waals surface area contributed by atoms with Crippen LogP contribution in [0.25, 0.3) is 11.7 Å². The topological polar surface area (TPSA) is 74.1 Å². The fourth-order valence-electron chi connectivity index (χ4n) is 2.11. The monoisotopic (exact) mass is 317 g/mol. The first-order valence-corrected chi connectivity index (χ1v) is 7.71. The lowest BCUT2D eigenvalue weighted by molar-refractivity contribution is 0.102. The van der Waals surface area contributed by atoms with E-state index in [1.54, 1.807) is 12.1 Å². The highest BCUT2D eigenvalue weighted by Crippen LogP contribution is 2.24. The van der Waals surface area contributed by atoms with E-state index in [1.807, 2.05) is 31.5 Å². The van der Waals surface area contributed by atoms with Crippen molar-refractivity contribution in [3.05, 3.63) is 41.4 Å². The van der Waals surface area contributed by atoms with Crippen LogP contribution in [0.3, 0.4) is 0 Å². The molecule has 0 saturated heterocycles. The Hall–Kier alpha value is -2.28. The van der Waals surface area contributed by atoms with Gasteiger partial charge in [0.1, 0.15) is 0 Å². The van der Waals surface area contributed by atoms with Gasteiger partial charge in [-0.05, 0) is 32.0 Å². The number of Topliss-reactive ketones (excluding diaryl/α,β-unsaturated/α-hetero) is 1. The molecule has 0 saturated carbocycles. The van der Waals surface area contributed by atoms with Gasteiger partial charge in [-0.2, -0.15) is 0 Å². The van der Waals surface area contributed by atoms with Gasteiger partial charge in [0.05, 0.1) is 12.0 Å². The lowest BCUT2D eigenvalue weighted by Gasteiger charge is -2.01. The molecule has 0 fully saturated rings. The molecule has 0 unspecified atom stereocenters. The van der Waals surface area contributed by atoms with Crippen molar-refractivity contribution in [3.63, 3.8) is 0 Å². The molecular formula is C15H15N3O3S. The zero-order chi connectivity index (χ0) is 15.7. The van der Waals surface area contributed by atoms with Crippen molar-refractivity contribution in [2.24, 2.45) is 7.05 Å². The van der Waals surface area contributed by atoms with Crippen LogP contribution >= 0.6 is 11.8 Å². The van der Waals surface area contributed by atoms with E-state index in [2.05, 4.69) is 10.2 Å². The molecule has 3 rings (SSSR count). The molecule has 0 aliphatic rings. The van der Waals surface area contributed by atoms with Crippen molar-refractivity contribution in [1.29, 1.82) is 0 Å². The Morgan fingerprint density at radius 1 is 1.36 bits per heavy atom. The predicted octanol–water partition coefficient (Wildman–Crippen LogP) is 3.26. The van der Waals surface area contributed by atoms with Gasteiger partial charge in [0.2, 0.25) is 0 Å². The number of thioether (sulfide) groups is 1. The summed E-state index contributed by atoms with van der Waals surface area (Å²) in [6, 6.07) is 5.39. The van der Waals surface area contributed by atoms with E-state index in [9.17, 15) is 4.79 Å². The number of hydrogen-bond acceptors (Lipinski definition) is 6. The van der Waals surface area contributed by atoms with Gasteiger partial charge in [0.15, 0.2) is 11.5 Å². The van der Waals surface area contributed by atoms with Crippen LogP contribution in [0.15, 0.2) is 38.5 Å². The highest BCUT2D eigenvalue weighted by molar-refractivity contribution is 7.99. The maximum Gasteiger partial charge on any atom is 0.284 e. The summed E-state index contributed by atoms with van der Waals surface area (Å²) in [7, 11) is 1.95. The van der Waals surface area contributed by atoms with Crippen molar-refractivity contribution >= 4 is 17.5 Å². The summed E-state index contributed by atoms with van der Waals surface area (Å²) in [6.07, 6.45) is 1.54. The van der Waals surface area contributed by atoms with E-state index in [1.165, 1.54) is 18.0 Å². The third kappa shape index (κ3) is 2.71. The number of nitrogens with zero attached hydrogens (tertiary/aromatic N) is 3. The molecule has 7 heteroatoms. The van der Waals surface area contributed by atoms with Crippen molar-refractivity contribution < 1.29 is 13.6 Å². The second-order valence-corrected chi connectivity index (χ2v) is 5.83. The van der Waals surface area contributed by atoms with Crippen LogP contribution in [-0.2, 0) is 7.05 Å². The third-order valence-electron chi connectivity index (χ3n) is 3.54. The predicted molar refractivity (Wildman–Crippen MR) is 81.9 cm³/mol. The zero-order valence-electron chi connectivity index (χ0n) is 12.5. The third-order valence-corrected chi connectivity index (χ3v) is 4.36. The van der Waals surface area contributed by atoms with Gasteiger partial charge in [-0.25, -0.2) is 0 Å². The van der Waals surface area contributed by atoms with Crippen molar-refractivity contribution in [1.82, 2.24) is 14.8 Å².